The maximum atomic E-state index is 13.1. The van der Waals surface area contributed by atoms with Gasteiger partial charge in [-0.2, -0.15) is 0 Å². The van der Waals surface area contributed by atoms with Gasteiger partial charge < -0.3 is 32.7 Å². The Kier molecular flexibility index (Phi) is 16.6. The minimum Gasteiger partial charge on any atom is -0.398 e. The zero-order valence-electron chi connectivity index (χ0n) is 47.1. The average molecular weight is 1060 g/mol. The highest BCUT2D eigenvalue weighted by Crippen LogP contribution is 2.30. The van der Waals surface area contributed by atoms with E-state index in [0.29, 0.717) is 24.2 Å². The van der Waals surface area contributed by atoms with Gasteiger partial charge in [0.1, 0.15) is 22.1 Å². The fourth-order valence-electron chi connectivity index (χ4n) is 10.8. The van der Waals surface area contributed by atoms with Crippen LogP contribution < -0.4 is 41.9 Å². The third kappa shape index (κ3) is 12.0. The van der Waals surface area contributed by atoms with E-state index in [0.717, 1.165) is 176 Å². The van der Waals surface area contributed by atoms with Crippen LogP contribution in [-0.2, 0) is 0 Å². The monoisotopic (exact) mass is 1060 g/mol. The molecule has 0 unspecified atom stereocenters. The third-order valence-corrected chi connectivity index (χ3v) is 15.6. The predicted molar refractivity (Wildman–Crippen MR) is 329 cm³/mol. The topological polar surface area (TPSA) is 168 Å². The predicted octanol–water partition coefficient (Wildman–Crippen LogP) is 13.1. The summed E-state index contributed by atoms with van der Waals surface area (Å²) in [4.78, 5) is 36.3. The second-order valence-electron chi connectivity index (χ2n) is 21.5. The van der Waals surface area contributed by atoms with Gasteiger partial charge in [-0.05, 0) is 149 Å². The van der Waals surface area contributed by atoms with Crippen molar-refractivity contribution in [2.75, 3.05) is 48.3 Å². The molecule has 0 aliphatic heterocycles. The molecule has 0 aliphatic carbocycles. The van der Waals surface area contributed by atoms with Gasteiger partial charge in [-0.1, -0.05) is 86.3 Å². The normalized spacial score (nSPS) is 11.4. The SMILES string of the molecule is Cc1cc2nc3cc(C)c(NCCCCCCNC(=O)c4ccc(-c5ccc(C(=O)NCCCCCCNc6cc7c(cc6C)nc6cc(C)c(N)cc6[n+]7-c6ccccc6C)cc5)cc4)cc3[n+](-c3ccccc3C)c2cc1N. The van der Waals surface area contributed by atoms with Crippen LogP contribution in [0.5, 0.6) is 0 Å². The summed E-state index contributed by atoms with van der Waals surface area (Å²) >= 11 is 0. The van der Waals surface area contributed by atoms with Gasteiger partial charge in [-0.25, -0.2) is 9.97 Å². The number of carbonyl (C=O) groups excluding carboxylic acids is 2. The molecular weight excluding hydrogens is 989 g/mol. The van der Waals surface area contributed by atoms with Crippen molar-refractivity contribution in [3.63, 3.8) is 0 Å². The van der Waals surface area contributed by atoms with Crippen molar-refractivity contribution in [1.29, 1.82) is 0 Å². The van der Waals surface area contributed by atoms with E-state index in [1.54, 1.807) is 0 Å². The summed E-state index contributed by atoms with van der Waals surface area (Å²) in [7, 11) is 0. The highest BCUT2D eigenvalue weighted by Gasteiger charge is 2.25. The first-order valence-corrected chi connectivity index (χ1v) is 28.3. The number of fused-ring (bicyclic) bond motifs is 4. The minimum absolute atomic E-state index is 0.0752. The van der Waals surface area contributed by atoms with Gasteiger partial charge in [-0.15, -0.1) is 9.13 Å². The Morgan fingerprint density at radius 1 is 0.388 bits per heavy atom. The number of unbranched alkanes of at least 4 members (excludes halogenated alkanes) is 6. The first-order valence-electron chi connectivity index (χ1n) is 28.3. The maximum Gasteiger partial charge on any atom is 0.251 e. The first kappa shape index (κ1) is 54.5. The van der Waals surface area contributed by atoms with E-state index < -0.39 is 0 Å². The fraction of sp³-hybridized carbons (Fsp3) is 0.265. The number of rotatable bonds is 21. The van der Waals surface area contributed by atoms with E-state index in [2.05, 4.69) is 143 Å². The summed E-state index contributed by atoms with van der Waals surface area (Å²) in [6, 6.07) is 49.1. The molecule has 0 fully saturated rings. The molecule has 80 heavy (non-hydrogen) atoms. The van der Waals surface area contributed by atoms with Crippen LogP contribution in [0, 0.1) is 41.5 Å². The Labute approximate surface area is 469 Å². The number of nitrogens with zero attached hydrogens (tertiary/aromatic N) is 4. The largest absolute Gasteiger partial charge is 0.398 e. The van der Waals surface area contributed by atoms with Gasteiger partial charge in [0.05, 0.1) is 0 Å². The Morgan fingerprint density at radius 3 is 1.10 bits per heavy atom. The number of anilines is 4. The van der Waals surface area contributed by atoms with Crippen LogP contribution >= 0.6 is 0 Å². The van der Waals surface area contributed by atoms with Crippen molar-refractivity contribution in [2.24, 2.45) is 0 Å². The van der Waals surface area contributed by atoms with Crippen LogP contribution in [0.3, 0.4) is 0 Å². The van der Waals surface area contributed by atoms with Crippen molar-refractivity contribution < 1.29 is 18.7 Å². The summed E-state index contributed by atoms with van der Waals surface area (Å²) in [5, 5.41) is 13.6. The van der Waals surface area contributed by atoms with Gasteiger partial charge in [0.2, 0.25) is 33.4 Å². The molecule has 2 aromatic heterocycles. The molecule has 0 bridgehead atoms. The number of amides is 2. The zero-order chi connectivity index (χ0) is 55.9. The summed E-state index contributed by atoms with van der Waals surface area (Å²) in [6.07, 6.45) is 7.99. The number of carbonyl (C=O) groups is 2. The summed E-state index contributed by atoms with van der Waals surface area (Å²) in [5.74, 6) is -0.150. The number of hydrogen-bond acceptors (Lipinski definition) is 8. The van der Waals surface area contributed by atoms with Gasteiger partial charge in [-0.3, -0.25) is 9.59 Å². The molecule has 0 saturated heterocycles. The molecule has 10 aromatic rings. The van der Waals surface area contributed by atoms with Crippen molar-refractivity contribution in [3.8, 4) is 22.5 Å². The van der Waals surface area contributed by atoms with Crippen LogP contribution in [0.2, 0.25) is 0 Å². The Balaban J connectivity index is 0.628. The molecule has 0 radical (unpaired) electrons. The van der Waals surface area contributed by atoms with Crippen LogP contribution in [-0.4, -0.2) is 48.0 Å². The molecule has 0 aliphatic rings. The zero-order valence-corrected chi connectivity index (χ0v) is 47.1. The highest BCUT2D eigenvalue weighted by molar-refractivity contribution is 5.96. The molecule has 12 nitrogen and oxygen atoms in total. The van der Waals surface area contributed by atoms with Gasteiger partial charge in [0.15, 0.2) is 0 Å². The van der Waals surface area contributed by atoms with E-state index in [1.807, 2.05) is 74.5 Å². The smallest absolute Gasteiger partial charge is 0.251 e. The molecule has 0 atom stereocenters. The highest BCUT2D eigenvalue weighted by atomic mass is 16.2. The lowest BCUT2D eigenvalue weighted by Gasteiger charge is -2.13. The van der Waals surface area contributed by atoms with Crippen LogP contribution in [0.1, 0.15) is 105 Å². The molecule has 0 saturated carbocycles. The van der Waals surface area contributed by atoms with Crippen LogP contribution in [0.15, 0.2) is 146 Å². The number of aromatic nitrogens is 4. The lowest BCUT2D eigenvalue weighted by molar-refractivity contribution is -0.539. The number of nitrogens with one attached hydrogen (secondary N) is 4. The Morgan fingerprint density at radius 2 is 0.725 bits per heavy atom. The average Bonchev–Trinajstić information content (AvgIpc) is 3.31. The van der Waals surface area contributed by atoms with Gasteiger partial charge in [0, 0.05) is 108 Å². The van der Waals surface area contributed by atoms with Crippen molar-refractivity contribution in [2.45, 2.75) is 92.9 Å². The standard InChI is InChI=1S/C68H72N10O2/c1-43-19-11-13-21-61(43)77-63-39-53(69)45(3)35-57(63)75-59-37-47(5)55(41-65(59)77)71-31-15-7-9-17-33-73-67(79)51-27-23-49(24-28-51)50-25-29-52(30-26-50)68(80)74-34-18-10-8-16-32-72-56-42-66-60(38-48(56)6)76-58-36-46(4)54(70)40-64(58)78(66)62-22-14-12-20-44(62)2/h11-14,19-30,35-42H,7-10,15-18,31-34H2,1-6H3,(H6,69,70,71,72,73,74,79,80)/p+2. The van der Waals surface area contributed by atoms with Crippen LogP contribution in [0.25, 0.3) is 66.6 Å². The Hall–Kier alpha value is -8.90. The quantitative estimate of drug-likeness (QED) is 0.0179. The number of nitrogens with two attached hydrogens (primary N) is 2. The number of hydrogen-bond donors (Lipinski definition) is 6. The molecule has 12 heteroatoms. The molecule has 10 rings (SSSR count). The van der Waals surface area contributed by atoms with Crippen molar-refractivity contribution in [1.82, 2.24) is 20.6 Å². The summed E-state index contributed by atoms with van der Waals surface area (Å²) in [6.45, 7) is 15.5. The molecule has 406 valence electrons. The second kappa shape index (κ2) is 24.4. The lowest BCUT2D eigenvalue weighted by Crippen LogP contribution is -2.34. The molecule has 0 spiro atoms. The molecule has 8 N–H and O–H groups in total. The van der Waals surface area contributed by atoms with Gasteiger partial charge >= 0.3 is 0 Å². The third-order valence-electron chi connectivity index (χ3n) is 15.6. The van der Waals surface area contributed by atoms with E-state index in [9.17, 15) is 9.59 Å². The number of benzene rings is 8. The molecular formula is C68H74N10O2+2. The Bertz CT molecular complexity index is 3670. The second-order valence-corrected chi connectivity index (χ2v) is 21.5. The van der Waals surface area contributed by atoms with E-state index in [1.165, 1.54) is 11.1 Å². The van der Waals surface area contributed by atoms with E-state index >= 15 is 0 Å². The number of nitrogen functional groups attached to an aromatic ring is 2. The van der Waals surface area contributed by atoms with Crippen LogP contribution in [0.4, 0.5) is 22.7 Å². The molecule has 2 heterocycles. The minimum atomic E-state index is -0.0752. The molecule has 8 aromatic carbocycles. The first-order chi connectivity index (χ1) is 38.8. The fourth-order valence-corrected chi connectivity index (χ4v) is 10.8. The number of aryl methyl sites for hydroxylation is 6. The summed E-state index contributed by atoms with van der Waals surface area (Å²) < 4.78 is 4.57. The van der Waals surface area contributed by atoms with E-state index in [-0.39, 0.29) is 11.8 Å². The number of para-hydroxylation sites is 2. The van der Waals surface area contributed by atoms with Gasteiger partial charge in [0.25, 0.3) is 11.8 Å². The summed E-state index contributed by atoms with van der Waals surface area (Å²) in [5.41, 5.74) is 36.4. The van der Waals surface area contributed by atoms with Crippen molar-refractivity contribution >= 4 is 78.7 Å². The lowest BCUT2D eigenvalue weighted by atomic mass is 10.0. The van der Waals surface area contributed by atoms with Crippen molar-refractivity contribution in [3.05, 3.63) is 190 Å². The maximum absolute atomic E-state index is 13.1. The van der Waals surface area contributed by atoms with E-state index in [4.69, 9.17) is 21.4 Å². The molecule has 2 amide bonds.